The number of nitrogens with one attached hydrogen (secondary N) is 1. The number of nitrogens with zero attached hydrogens (tertiary/aromatic N) is 2. The predicted molar refractivity (Wildman–Crippen MR) is 111 cm³/mol. The van der Waals surface area contributed by atoms with Crippen molar-refractivity contribution in [3.8, 4) is 23.0 Å². The average molecular weight is 387 g/mol. The van der Waals surface area contributed by atoms with Crippen LogP contribution in [0.25, 0.3) is 11.5 Å². The van der Waals surface area contributed by atoms with Gasteiger partial charge in [-0.1, -0.05) is 48.5 Å². The lowest BCUT2D eigenvalue weighted by Gasteiger charge is -2.18. The van der Waals surface area contributed by atoms with Crippen molar-refractivity contribution in [2.75, 3.05) is 19.5 Å². The number of anilines is 1. The first-order valence-electron chi connectivity index (χ1n) is 9.21. The van der Waals surface area contributed by atoms with Crippen molar-refractivity contribution in [1.82, 2.24) is 10.2 Å². The summed E-state index contributed by atoms with van der Waals surface area (Å²) in [4.78, 5) is 0. The molecule has 0 fully saturated rings. The highest BCUT2D eigenvalue weighted by molar-refractivity contribution is 5.57. The van der Waals surface area contributed by atoms with Crippen LogP contribution in [0.5, 0.6) is 11.5 Å². The fourth-order valence-electron chi connectivity index (χ4n) is 3.07. The summed E-state index contributed by atoms with van der Waals surface area (Å²) in [6.45, 7) is 0. The first-order valence-corrected chi connectivity index (χ1v) is 9.21. The van der Waals surface area contributed by atoms with Gasteiger partial charge in [0, 0.05) is 17.3 Å². The molecule has 0 aliphatic carbocycles. The number of benzene rings is 3. The normalized spacial score (nSPS) is 11.7. The molecule has 1 unspecified atom stereocenters. The molecule has 0 saturated heterocycles. The van der Waals surface area contributed by atoms with Gasteiger partial charge in [0.15, 0.2) is 11.5 Å². The Kier molecular flexibility index (Phi) is 5.42. The van der Waals surface area contributed by atoms with E-state index in [9.17, 15) is 0 Å². The zero-order valence-corrected chi connectivity index (χ0v) is 16.2. The molecule has 4 rings (SSSR count). The van der Waals surface area contributed by atoms with Crippen molar-refractivity contribution >= 4 is 5.69 Å². The maximum atomic E-state index is 6.02. The average Bonchev–Trinajstić information content (AvgIpc) is 3.28. The second kappa shape index (κ2) is 8.48. The quantitative estimate of drug-likeness (QED) is 0.484. The van der Waals surface area contributed by atoms with Crippen LogP contribution >= 0.6 is 0 Å². The number of rotatable bonds is 7. The summed E-state index contributed by atoms with van der Waals surface area (Å²) in [6.07, 6.45) is 0. The molecule has 4 aromatic rings. The third kappa shape index (κ3) is 4.06. The van der Waals surface area contributed by atoms with Gasteiger partial charge in [-0.25, -0.2) is 0 Å². The van der Waals surface area contributed by atoms with Crippen molar-refractivity contribution in [1.29, 1.82) is 0 Å². The third-order valence-electron chi connectivity index (χ3n) is 4.54. The molecule has 0 radical (unpaired) electrons. The van der Waals surface area contributed by atoms with Gasteiger partial charge in [0.05, 0.1) is 14.2 Å². The Balaban J connectivity index is 1.69. The topological polar surface area (TPSA) is 69.4 Å². The summed E-state index contributed by atoms with van der Waals surface area (Å²) < 4.78 is 16.8. The number of hydrogen-bond acceptors (Lipinski definition) is 6. The molecule has 0 spiro atoms. The Morgan fingerprint density at radius 3 is 2.17 bits per heavy atom. The zero-order valence-electron chi connectivity index (χ0n) is 16.2. The SMILES string of the molecule is COc1ccc(NC(c2ccccc2)c2nnc(-c3ccccc3)o2)cc1OC. The predicted octanol–water partition coefficient (Wildman–Crippen LogP) is 4.96. The van der Waals surface area contributed by atoms with Crippen LogP contribution in [0.2, 0.25) is 0 Å². The maximum absolute atomic E-state index is 6.02. The zero-order chi connectivity index (χ0) is 20.1. The molecule has 0 saturated carbocycles. The minimum atomic E-state index is -0.320. The summed E-state index contributed by atoms with van der Waals surface area (Å²) in [6, 6.07) is 25.0. The van der Waals surface area contributed by atoms with Crippen molar-refractivity contribution < 1.29 is 13.9 Å². The lowest BCUT2D eigenvalue weighted by atomic mass is 10.1. The van der Waals surface area contributed by atoms with Crippen molar-refractivity contribution in [2.24, 2.45) is 0 Å². The molecule has 0 aliphatic rings. The highest BCUT2D eigenvalue weighted by atomic mass is 16.5. The van der Waals surface area contributed by atoms with E-state index >= 15 is 0 Å². The molecule has 29 heavy (non-hydrogen) atoms. The Hall–Kier alpha value is -3.80. The first-order chi connectivity index (χ1) is 14.3. The monoisotopic (exact) mass is 387 g/mol. The Labute approximate surface area is 169 Å². The molecule has 0 aliphatic heterocycles. The van der Waals surface area contributed by atoms with Crippen molar-refractivity contribution in [2.45, 2.75) is 6.04 Å². The largest absolute Gasteiger partial charge is 0.493 e. The van der Waals surface area contributed by atoms with Crippen LogP contribution in [-0.2, 0) is 0 Å². The van der Waals surface area contributed by atoms with Gasteiger partial charge in [-0.3, -0.25) is 0 Å². The van der Waals surface area contributed by atoms with E-state index in [1.54, 1.807) is 14.2 Å². The van der Waals surface area contributed by atoms with E-state index in [4.69, 9.17) is 13.9 Å². The molecular formula is C23H21N3O3. The molecular weight excluding hydrogens is 366 g/mol. The summed E-state index contributed by atoms with van der Waals surface area (Å²) in [5.41, 5.74) is 2.73. The van der Waals surface area contributed by atoms with Gasteiger partial charge in [0.25, 0.3) is 0 Å². The molecule has 146 valence electrons. The molecule has 1 aromatic heterocycles. The number of hydrogen-bond donors (Lipinski definition) is 1. The van der Waals surface area contributed by atoms with E-state index in [-0.39, 0.29) is 6.04 Å². The fraction of sp³-hybridized carbons (Fsp3) is 0.130. The Morgan fingerprint density at radius 1 is 0.793 bits per heavy atom. The highest BCUT2D eigenvalue weighted by Crippen LogP contribution is 2.33. The van der Waals surface area contributed by atoms with Crippen LogP contribution in [-0.4, -0.2) is 24.4 Å². The van der Waals surface area contributed by atoms with E-state index < -0.39 is 0 Å². The lowest BCUT2D eigenvalue weighted by molar-refractivity contribution is 0.355. The van der Waals surface area contributed by atoms with Crippen LogP contribution < -0.4 is 14.8 Å². The maximum Gasteiger partial charge on any atom is 0.247 e. The standard InChI is InChI=1S/C23H21N3O3/c1-27-19-14-13-18(15-20(19)28-2)24-21(16-9-5-3-6-10-16)23-26-25-22(29-23)17-11-7-4-8-12-17/h3-15,21,24H,1-2H3. The minimum absolute atomic E-state index is 0.320. The van der Waals surface area contributed by atoms with Gasteiger partial charge in [0.1, 0.15) is 6.04 Å². The van der Waals surface area contributed by atoms with Crippen LogP contribution in [0.1, 0.15) is 17.5 Å². The molecule has 6 heteroatoms. The second-order valence-corrected chi connectivity index (χ2v) is 6.37. The van der Waals surface area contributed by atoms with Gasteiger partial charge in [0.2, 0.25) is 11.8 Å². The number of methoxy groups -OCH3 is 2. The molecule has 0 amide bonds. The Morgan fingerprint density at radius 2 is 1.48 bits per heavy atom. The van der Waals surface area contributed by atoms with Gasteiger partial charge in [-0.15, -0.1) is 10.2 Å². The summed E-state index contributed by atoms with van der Waals surface area (Å²) in [5, 5.41) is 12.0. The Bertz CT molecular complexity index is 1070. The molecule has 1 N–H and O–H groups in total. The smallest absolute Gasteiger partial charge is 0.247 e. The van der Waals surface area contributed by atoms with Gasteiger partial charge >= 0.3 is 0 Å². The summed E-state index contributed by atoms with van der Waals surface area (Å²) in [5.74, 6) is 2.26. The highest BCUT2D eigenvalue weighted by Gasteiger charge is 2.22. The van der Waals surface area contributed by atoms with Crippen LogP contribution in [0.15, 0.2) is 83.3 Å². The van der Waals surface area contributed by atoms with Gasteiger partial charge < -0.3 is 19.2 Å². The molecule has 1 atom stereocenters. The van der Waals surface area contributed by atoms with Crippen LogP contribution in [0.3, 0.4) is 0 Å². The third-order valence-corrected chi connectivity index (χ3v) is 4.54. The van der Waals surface area contributed by atoms with Gasteiger partial charge in [-0.05, 0) is 29.8 Å². The van der Waals surface area contributed by atoms with Crippen molar-refractivity contribution in [3.05, 3.63) is 90.3 Å². The van der Waals surface area contributed by atoms with E-state index in [1.165, 1.54) is 0 Å². The molecule has 1 heterocycles. The lowest BCUT2D eigenvalue weighted by Crippen LogP contribution is -2.13. The van der Waals surface area contributed by atoms with Crippen molar-refractivity contribution in [3.63, 3.8) is 0 Å². The van der Waals surface area contributed by atoms with Crippen LogP contribution in [0, 0.1) is 0 Å². The number of ether oxygens (including phenoxy) is 2. The fourth-order valence-corrected chi connectivity index (χ4v) is 3.07. The summed E-state index contributed by atoms with van der Waals surface area (Å²) in [7, 11) is 3.22. The van der Waals surface area contributed by atoms with E-state index in [2.05, 4.69) is 15.5 Å². The molecule has 6 nitrogen and oxygen atoms in total. The van der Waals surface area contributed by atoms with E-state index in [1.807, 2.05) is 78.9 Å². The van der Waals surface area contributed by atoms with Gasteiger partial charge in [-0.2, -0.15) is 0 Å². The van der Waals surface area contributed by atoms with Crippen LogP contribution in [0.4, 0.5) is 5.69 Å². The molecule has 0 bridgehead atoms. The van der Waals surface area contributed by atoms with E-state index in [0.29, 0.717) is 23.3 Å². The number of aromatic nitrogens is 2. The van der Waals surface area contributed by atoms with E-state index in [0.717, 1.165) is 16.8 Å². The summed E-state index contributed by atoms with van der Waals surface area (Å²) >= 11 is 0. The second-order valence-electron chi connectivity index (χ2n) is 6.37. The minimum Gasteiger partial charge on any atom is -0.493 e. The first kappa shape index (κ1) is 18.6. The molecule has 3 aromatic carbocycles.